The van der Waals surface area contributed by atoms with Crippen LogP contribution in [0.4, 0.5) is 17.1 Å². The summed E-state index contributed by atoms with van der Waals surface area (Å²) >= 11 is 0. The fourth-order valence-corrected chi connectivity index (χ4v) is 9.71. The lowest BCUT2D eigenvalue weighted by atomic mass is 9.66. The molecule has 3 heteroatoms. The van der Waals surface area contributed by atoms with Gasteiger partial charge in [-0.3, -0.25) is 0 Å². The number of hydrogen-bond donors (Lipinski definition) is 1. The average molecular weight is 801 g/mol. The van der Waals surface area contributed by atoms with E-state index >= 15 is 0 Å². The standard InChI is InChI=1S/C57H42N2O.C2H6/c1-4-23-44(24-5-1)58-39-43-20-11-10-19-41(43)21-16-18-40-34-35-48-47-29-12-14-32-51(47)57(52(48)38-40)54-42(22-17-31-50(54)56-55(57)49-30-13-15-33-53(49)60-56)36-37-59(45-25-6-2-7-26-45)46-27-8-3-9-28-46;1-2/h1-13,15-31,33-39,58H,14,32H2;1-2H3/b18-16-,37-36?,41-21-,43-39+;. The minimum absolute atomic E-state index is 0.532. The molecule has 7 aromatic carbocycles. The molecule has 0 saturated heterocycles. The van der Waals surface area contributed by atoms with Crippen molar-refractivity contribution >= 4 is 58.0 Å². The van der Waals surface area contributed by atoms with Crippen molar-refractivity contribution in [1.29, 1.82) is 0 Å². The number of nitrogens with zero attached hydrogens (tertiary/aromatic N) is 1. The zero-order valence-corrected chi connectivity index (χ0v) is 35.1. The van der Waals surface area contributed by atoms with Crippen molar-refractivity contribution in [2.45, 2.75) is 32.1 Å². The third kappa shape index (κ3) is 6.63. The van der Waals surface area contributed by atoms with E-state index in [1.165, 1.54) is 44.3 Å². The van der Waals surface area contributed by atoms with Crippen molar-refractivity contribution in [3.8, 4) is 11.3 Å². The van der Waals surface area contributed by atoms with Crippen LogP contribution in [0.1, 0.15) is 60.1 Å². The van der Waals surface area contributed by atoms with Crippen molar-refractivity contribution in [3.05, 3.63) is 250 Å². The van der Waals surface area contributed by atoms with Gasteiger partial charge in [0, 0.05) is 46.0 Å². The van der Waals surface area contributed by atoms with Gasteiger partial charge in [-0.1, -0.05) is 172 Å². The maximum Gasteiger partial charge on any atom is 0.140 e. The number of rotatable bonds is 8. The lowest BCUT2D eigenvalue weighted by Gasteiger charge is -2.34. The molecule has 1 heterocycles. The fraction of sp³-hybridized carbons (Fsp3) is 0.0847. The molecule has 0 radical (unpaired) electrons. The van der Waals surface area contributed by atoms with E-state index in [4.69, 9.17) is 4.42 Å². The van der Waals surface area contributed by atoms with Crippen LogP contribution in [0.5, 0.6) is 0 Å². The smallest absolute Gasteiger partial charge is 0.140 e. The number of nitrogens with one attached hydrogen (secondary N) is 1. The van der Waals surface area contributed by atoms with Gasteiger partial charge < -0.3 is 14.6 Å². The first-order chi connectivity index (χ1) is 30.8. The van der Waals surface area contributed by atoms with E-state index in [1.807, 2.05) is 32.0 Å². The summed E-state index contributed by atoms with van der Waals surface area (Å²) in [7, 11) is 0. The highest BCUT2D eigenvalue weighted by Crippen LogP contribution is 2.66. The second-order valence-corrected chi connectivity index (χ2v) is 15.6. The Labute approximate surface area is 364 Å². The number of anilines is 3. The Hall–Kier alpha value is -7.62. The molecule has 1 N–H and O–H groups in total. The topological polar surface area (TPSA) is 28.4 Å². The van der Waals surface area contributed by atoms with E-state index in [2.05, 4.69) is 217 Å². The van der Waals surface area contributed by atoms with Crippen LogP contribution < -0.4 is 20.7 Å². The fourth-order valence-electron chi connectivity index (χ4n) is 9.71. The summed E-state index contributed by atoms with van der Waals surface area (Å²) in [5.41, 5.74) is 15.1. The summed E-state index contributed by atoms with van der Waals surface area (Å²) in [6, 6.07) is 62.4. The highest BCUT2D eigenvalue weighted by atomic mass is 16.3. The Kier molecular flexibility index (Phi) is 10.4. The van der Waals surface area contributed by atoms with Crippen LogP contribution in [-0.2, 0) is 5.41 Å². The first kappa shape index (κ1) is 38.6. The van der Waals surface area contributed by atoms with Gasteiger partial charge in [-0.25, -0.2) is 0 Å². The Balaban J connectivity index is 0.00000226. The normalized spacial score (nSPS) is 16.4. The summed E-state index contributed by atoms with van der Waals surface area (Å²) < 4.78 is 6.94. The first-order valence-electron chi connectivity index (χ1n) is 21.8. The van der Waals surface area contributed by atoms with Gasteiger partial charge in [0.1, 0.15) is 11.3 Å². The molecule has 300 valence electrons. The van der Waals surface area contributed by atoms with Crippen LogP contribution in [0.15, 0.2) is 210 Å². The largest absolute Gasteiger partial charge is 0.456 e. The maximum absolute atomic E-state index is 6.94. The van der Waals surface area contributed by atoms with Crippen molar-refractivity contribution in [2.24, 2.45) is 0 Å². The number of para-hydroxylation sites is 4. The second-order valence-electron chi connectivity index (χ2n) is 15.6. The van der Waals surface area contributed by atoms with Gasteiger partial charge in [-0.15, -0.1) is 0 Å². The Morgan fingerprint density at radius 2 is 1.32 bits per heavy atom. The highest BCUT2D eigenvalue weighted by Gasteiger charge is 2.56. The summed E-state index contributed by atoms with van der Waals surface area (Å²) in [5, 5.41) is 6.91. The third-order valence-corrected chi connectivity index (χ3v) is 12.2. The van der Waals surface area contributed by atoms with Crippen molar-refractivity contribution in [2.75, 3.05) is 10.2 Å². The van der Waals surface area contributed by atoms with Crippen molar-refractivity contribution in [1.82, 2.24) is 0 Å². The SMILES string of the molecule is C1=CC2=C(CC1)C1(c3cc(\C=C/C=c4/cccc/c4=C\Nc4ccccc4)ccc32)c2c(C=CN(c3ccccc3)c3ccccc3)cccc2-c2oc3ccccc3c21.CC. The number of furan rings is 1. The van der Waals surface area contributed by atoms with E-state index in [-0.39, 0.29) is 0 Å². The Morgan fingerprint density at radius 1 is 0.629 bits per heavy atom. The molecule has 3 aliphatic carbocycles. The van der Waals surface area contributed by atoms with E-state index in [0.717, 1.165) is 62.8 Å². The molecular formula is C59H48N2O. The van der Waals surface area contributed by atoms with Crippen LogP contribution in [-0.4, -0.2) is 0 Å². The second kappa shape index (κ2) is 16.8. The lowest BCUT2D eigenvalue weighted by Crippen LogP contribution is -2.29. The molecule has 0 aliphatic heterocycles. The molecule has 3 nitrogen and oxygen atoms in total. The highest BCUT2D eigenvalue weighted by molar-refractivity contribution is 6.04. The average Bonchev–Trinajstić information content (AvgIpc) is 3.97. The molecule has 0 bridgehead atoms. The number of fused-ring (bicyclic) bond motifs is 11. The molecule has 1 spiro atoms. The van der Waals surface area contributed by atoms with E-state index in [1.54, 1.807) is 0 Å². The minimum atomic E-state index is -0.532. The van der Waals surface area contributed by atoms with Gasteiger partial charge in [0.05, 0.1) is 5.41 Å². The van der Waals surface area contributed by atoms with Crippen LogP contribution in [0.2, 0.25) is 0 Å². The van der Waals surface area contributed by atoms with Crippen molar-refractivity contribution in [3.63, 3.8) is 0 Å². The quantitative estimate of drug-likeness (QED) is 0.166. The zero-order valence-electron chi connectivity index (χ0n) is 35.1. The van der Waals surface area contributed by atoms with E-state index < -0.39 is 5.41 Å². The molecule has 3 aliphatic rings. The van der Waals surface area contributed by atoms with Gasteiger partial charge in [-0.05, 0) is 117 Å². The van der Waals surface area contributed by atoms with E-state index in [0.29, 0.717) is 0 Å². The Morgan fingerprint density at radius 3 is 2.10 bits per heavy atom. The zero-order chi connectivity index (χ0) is 41.9. The molecule has 1 atom stereocenters. The molecular weight excluding hydrogens is 753 g/mol. The summed E-state index contributed by atoms with van der Waals surface area (Å²) in [4.78, 5) is 2.28. The van der Waals surface area contributed by atoms with E-state index in [9.17, 15) is 0 Å². The predicted octanol–water partition coefficient (Wildman–Crippen LogP) is 14.0. The number of benzene rings is 7. The molecule has 1 unspecified atom stereocenters. The third-order valence-electron chi connectivity index (χ3n) is 12.2. The first-order valence-corrected chi connectivity index (χ1v) is 21.8. The lowest BCUT2D eigenvalue weighted by molar-refractivity contribution is 0.626. The molecule has 0 saturated carbocycles. The van der Waals surface area contributed by atoms with Crippen molar-refractivity contribution < 1.29 is 4.42 Å². The molecule has 11 rings (SSSR count). The van der Waals surface area contributed by atoms with Gasteiger partial charge in [0.2, 0.25) is 0 Å². The van der Waals surface area contributed by atoms with Crippen LogP contribution in [0, 0.1) is 0 Å². The summed E-state index contributed by atoms with van der Waals surface area (Å²) in [5.74, 6) is 0.977. The Bertz CT molecular complexity index is 3130. The molecule has 0 amide bonds. The summed E-state index contributed by atoms with van der Waals surface area (Å²) in [6.07, 6.45) is 19.9. The summed E-state index contributed by atoms with van der Waals surface area (Å²) in [6.45, 7) is 4.00. The number of allylic oxidation sites excluding steroid dienone is 5. The van der Waals surface area contributed by atoms with Gasteiger partial charge >= 0.3 is 0 Å². The maximum atomic E-state index is 6.94. The van der Waals surface area contributed by atoms with Gasteiger partial charge in [-0.2, -0.15) is 0 Å². The van der Waals surface area contributed by atoms with Gasteiger partial charge in [0.25, 0.3) is 0 Å². The monoisotopic (exact) mass is 800 g/mol. The van der Waals surface area contributed by atoms with Crippen LogP contribution in [0.3, 0.4) is 0 Å². The molecule has 0 fully saturated rings. The van der Waals surface area contributed by atoms with Gasteiger partial charge in [0.15, 0.2) is 0 Å². The predicted molar refractivity (Wildman–Crippen MR) is 262 cm³/mol. The van der Waals surface area contributed by atoms with Crippen LogP contribution in [0.25, 0.3) is 52.3 Å². The van der Waals surface area contributed by atoms with Crippen LogP contribution >= 0.6 is 0 Å². The number of hydrogen-bond acceptors (Lipinski definition) is 3. The minimum Gasteiger partial charge on any atom is -0.456 e. The molecule has 8 aromatic rings. The molecule has 1 aromatic heterocycles. The molecule has 62 heavy (non-hydrogen) atoms.